The number of hydrogen-bond donors (Lipinski definition) is 0. The van der Waals surface area contributed by atoms with Gasteiger partial charge in [0, 0.05) is 19.3 Å². The third-order valence-corrected chi connectivity index (χ3v) is 14.1. The Hall–Kier alpha value is -3.41. The number of rotatable bonds is 59. The first-order chi connectivity index (χ1) is 37.5. The van der Waals surface area contributed by atoms with E-state index in [0.717, 1.165) is 122 Å². The Morgan fingerprint density at radius 2 is 0.513 bits per heavy atom. The van der Waals surface area contributed by atoms with Crippen molar-refractivity contribution in [1.82, 2.24) is 0 Å². The summed E-state index contributed by atoms with van der Waals surface area (Å²) in [7, 11) is 0. The predicted octanol–water partition coefficient (Wildman–Crippen LogP) is 22.3. The molecule has 0 fully saturated rings. The van der Waals surface area contributed by atoms with Gasteiger partial charge < -0.3 is 14.2 Å². The second-order valence-electron chi connectivity index (χ2n) is 21.6. The topological polar surface area (TPSA) is 78.9 Å². The monoisotopic (exact) mass is 1060 g/mol. The van der Waals surface area contributed by atoms with Gasteiger partial charge in [-0.1, -0.05) is 298 Å². The normalized spacial score (nSPS) is 12.6. The Morgan fingerprint density at radius 3 is 0.803 bits per heavy atom. The molecular formula is C70H122O6. The Labute approximate surface area is 471 Å². The molecule has 0 aliphatic heterocycles. The van der Waals surface area contributed by atoms with Crippen molar-refractivity contribution in [2.24, 2.45) is 0 Å². The van der Waals surface area contributed by atoms with E-state index in [-0.39, 0.29) is 31.1 Å². The van der Waals surface area contributed by atoms with Crippen LogP contribution in [0.15, 0.2) is 85.1 Å². The highest BCUT2D eigenvalue weighted by molar-refractivity contribution is 5.71. The van der Waals surface area contributed by atoms with Crippen molar-refractivity contribution < 1.29 is 28.6 Å². The molecule has 0 bridgehead atoms. The average Bonchev–Trinajstić information content (AvgIpc) is 3.42. The van der Waals surface area contributed by atoms with Crippen LogP contribution in [0.3, 0.4) is 0 Å². The molecule has 76 heavy (non-hydrogen) atoms. The van der Waals surface area contributed by atoms with Crippen LogP contribution in [-0.4, -0.2) is 37.2 Å². The molecule has 0 aliphatic rings. The van der Waals surface area contributed by atoms with E-state index in [1.54, 1.807) is 0 Å². The standard InChI is InChI=1S/C70H122O6/c1-4-7-10-13-16-19-22-25-28-31-32-33-34-35-36-37-40-42-45-48-51-54-57-60-63-69(72)75-66-67(76-70(73)64-61-58-55-52-49-46-43-39-30-27-24-21-18-15-12-9-6-3)65-74-68(71)62-59-56-53-50-47-44-41-38-29-26-23-20-17-14-11-8-5-2/h8-9,11-12,17-18,20-21,26-27,29-30,43,46,67H,4-7,10,13-16,19,22-25,28,31-42,44-45,47-66H2,1-3H3/b11-8-,12-9-,20-17-,21-18-,29-26-,30-27-,46-43-. The maximum absolute atomic E-state index is 12.9. The van der Waals surface area contributed by atoms with Crippen molar-refractivity contribution in [3.8, 4) is 0 Å². The molecule has 0 rings (SSSR count). The minimum Gasteiger partial charge on any atom is -0.462 e. The zero-order chi connectivity index (χ0) is 55.0. The molecule has 1 atom stereocenters. The molecule has 0 amide bonds. The maximum Gasteiger partial charge on any atom is 0.306 e. The van der Waals surface area contributed by atoms with Crippen molar-refractivity contribution in [1.29, 1.82) is 0 Å². The van der Waals surface area contributed by atoms with E-state index in [1.165, 1.54) is 161 Å². The summed E-state index contributed by atoms with van der Waals surface area (Å²) >= 11 is 0. The second-order valence-corrected chi connectivity index (χ2v) is 21.6. The van der Waals surface area contributed by atoms with Crippen molar-refractivity contribution in [2.75, 3.05) is 13.2 Å². The number of carbonyl (C=O) groups is 3. The lowest BCUT2D eigenvalue weighted by molar-refractivity contribution is -0.167. The van der Waals surface area contributed by atoms with E-state index in [1.807, 2.05) is 0 Å². The zero-order valence-corrected chi connectivity index (χ0v) is 50.3. The highest BCUT2D eigenvalue weighted by atomic mass is 16.6. The highest BCUT2D eigenvalue weighted by Crippen LogP contribution is 2.17. The lowest BCUT2D eigenvalue weighted by Crippen LogP contribution is -2.30. The smallest absolute Gasteiger partial charge is 0.306 e. The minimum atomic E-state index is -0.794. The maximum atomic E-state index is 12.9. The van der Waals surface area contributed by atoms with Gasteiger partial charge in [-0.25, -0.2) is 0 Å². The summed E-state index contributed by atoms with van der Waals surface area (Å²) in [6.07, 6.45) is 84.5. The summed E-state index contributed by atoms with van der Waals surface area (Å²) in [6, 6.07) is 0. The van der Waals surface area contributed by atoms with E-state index < -0.39 is 6.10 Å². The van der Waals surface area contributed by atoms with Crippen LogP contribution in [0.1, 0.15) is 323 Å². The molecule has 0 aliphatic carbocycles. The predicted molar refractivity (Wildman–Crippen MR) is 330 cm³/mol. The first-order valence-corrected chi connectivity index (χ1v) is 32.6. The largest absolute Gasteiger partial charge is 0.462 e. The molecule has 1 unspecified atom stereocenters. The summed E-state index contributed by atoms with van der Waals surface area (Å²) in [5.41, 5.74) is 0. The van der Waals surface area contributed by atoms with Gasteiger partial charge in [0.1, 0.15) is 13.2 Å². The van der Waals surface area contributed by atoms with Crippen LogP contribution in [0.25, 0.3) is 0 Å². The van der Waals surface area contributed by atoms with Gasteiger partial charge in [0.25, 0.3) is 0 Å². The number of ether oxygens (including phenoxy) is 3. The number of allylic oxidation sites excluding steroid dienone is 14. The van der Waals surface area contributed by atoms with Crippen LogP contribution in [0.4, 0.5) is 0 Å². The summed E-state index contributed by atoms with van der Waals surface area (Å²) in [5, 5.41) is 0. The van der Waals surface area contributed by atoms with Crippen LogP contribution in [0.5, 0.6) is 0 Å². The van der Waals surface area contributed by atoms with Crippen molar-refractivity contribution in [3.05, 3.63) is 85.1 Å². The lowest BCUT2D eigenvalue weighted by atomic mass is 10.0. The van der Waals surface area contributed by atoms with E-state index in [0.29, 0.717) is 19.3 Å². The van der Waals surface area contributed by atoms with Gasteiger partial charge in [0.2, 0.25) is 0 Å². The van der Waals surface area contributed by atoms with Gasteiger partial charge in [-0.05, 0) is 89.9 Å². The number of hydrogen-bond acceptors (Lipinski definition) is 6. The van der Waals surface area contributed by atoms with E-state index in [4.69, 9.17) is 14.2 Å². The van der Waals surface area contributed by atoms with Crippen LogP contribution in [0.2, 0.25) is 0 Å². The number of carbonyl (C=O) groups excluding carboxylic acids is 3. The van der Waals surface area contributed by atoms with Gasteiger partial charge in [-0.3, -0.25) is 14.4 Å². The molecule has 6 heteroatoms. The Balaban J connectivity index is 4.34. The van der Waals surface area contributed by atoms with Crippen molar-refractivity contribution in [3.63, 3.8) is 0 Å². The Kier molecular flexibility index (Phi) is 61.2. The molecule has 6 nitrogen and oxygen atoms in total. The second kappa shape index (κ2) is 64.1. The SMILES string of the molecule is CC/C=C\C/C=C\C/C=C\C/C=C\CCCCCCC(=O)OC(COC(=O)CCCCCCCCC/C=C\C/C=C\C/C=C\CC)COC(=O)CCCCCCCCCCCCCCCCCCCCCCCCCC. The first kappa shape index (κ1) is 72.6. The summed E-state index contributed by atoms with van der Waals surface area (Å²) in [4.78, 5) is 38.3. The fraction of sp³-hybridized carbons (Fsp3) is 0.757. The summed E-state index contributed by atoms with van der Waals surface area (Å²) in [6.45, 7) is 6.43. The van der Waals surface area contributed by atoms with E-state index >= 15 is 0 Å². The molecule has 0 saturated carbocycles. The zero-order valence-electron chi connectivity index (χ0n) is 50.3. The van der Waals surface area contributed by atoms with Crippen LogP contribution in [-0.2, 0) is 28.6 Å². The Bertz CT molecular complexity index is 1450. The summed E-state index contributed by atoms with van der Waals surface area (Å²) < 4.78 is 16.9. The fourth-order valence-electron chi connectivity index (χ4n) is 9.33. The molecule has 0 saturated heterocycles. The average molecular weight is 1060 g/mol. The van der Waals surface area contributed by atoms with Crippen LogP contribution < -0.4 is 0 Å². The highest BCUT2D eigenvalue weighted by Gasteiger charge is 2.19. The van der Waals surface area contributed by atoms with Gasteiger partial charge in [-0.2, -0.15) is 0 Å². The van der Waals surface area contributed by atoms with Crippen LogP contribution in [0, 0.1) is 0 Å². The van der Waals surface area contributed by atoms with Crippen molar-refractivity contribution in [2.45, 2.75) is 329 Å². The third-order valence-electron chi connectivity index (χ3n) is 14.1. The molecule has 0 aromatic carbocycles. The molecule has 0 heterocycles. The van der Waals surface area contributed by atoms with Crippen molar-refractivity contribution >= 4 is 17.9 Å². The summed E-state index contributed by atoms with van der Waals surface area (Å²) in [5.74, 6) is -0.907. The van der Waals surface area contributed by atoms with Gasteiger partial charge >= 0.3 is 17.9 Å². The molecule has 0 aromatic heterocycles. The fourth-order valence-corrected chi connectivity index (χ4v) is 9.33. The van der Waals surface area contributed by atoms with Gasteiger partial charge in [-0.15, -0.1) is 0 Å². The molecule has 0 radical (unpaired) electrons. The lowest BCUT2D eigenvalue weighted by Gasteiger charge is -2.18. The molecule has 438 valence electrons. The van der Waals surface area contributed by atoms with E-state index in [9.17, 15) is 14.4 Å². The molecular weight excluding hydrogens is 937 g/mol. The van der Waals surface area contributed by atoms with E-state index in [2.05, 4.69) is 106 Å². The number of esters is 3. The molecule has 0 aromatic rings. The van der Waals surface area contributed by atoms with Gasteiger partial charge in [0.05, 0.1) is 0 Å². The first-order valence-electron chi connectivity index (χ1n) is 32.6. The quantitative estimate of drug-likeness (QED) is 0.0261. The molecule has 0 N–H and O–H groups in total. The van der Waals surface area contributed by atoms with Crippen LogP contribution >= 0.6 is 0 Å². The third kappa shape index (κ3) is 61.4. The van der Waals surface area contributed by atoms with Gasteiger partial charge in [0.15, 0.2) is 6.10 Å². The molecule has 0 spiro atoms. The number of unbranched alkanes of at least 4 members (excludes halogenated alkanes) is 34. The minimum absolute atomic E-state index is 0.0874. The Morgan fingerprint density at radius 1 is 0.276 bits per heavy atom.